The van der Waals surface area contributed by atoms with E-state index in [0.717, 1.165) is 0 Å². The van der Waals surface area contributed by atoms with Crippen LogP contribution < -0.4 is 4.72 Å². The topological polar surface area (TPSA) is 68.5 Å². The van der Waals surface area contributed by atoms with Crippen LogP contribution in [-0.4, -0.2) is 22.1 Å². The standard InChI is InChI=1S/C14H16FNO4S/c1-19-14(13-3-2-8-20-13)9-16-21(17,18)10-11-4-6-12(15)7-5-11/h2-8,14,16H,9-10H2,1H3. The maximum absolute atomic E-state index is 12.8. The lowest BCUT2D eigenvalue weighted by atomic mass is 10.2. The van der Waals surface area contributed by atoms with E-state index in [9.17, 15) is 12.8 Å². The first-order valence-electron chi connectivity index (χ1n) is 6.28. The molecule has 0 aliphatic rings. The molecule has 21 heavy (non-hydrogen) atoms. The molecule has 1 aromatic heterocycles. The van der Waals surface area contributed by atoms with E-state index in [1.165, 1.54) is 37.6 Å². The molecule has 2 aromatic rings. The Bertz CT molecular complexity index is 653. The highest BCUT2D eigenvalue weighted by molar-refractivity contribution is 7.88. The quantitative estimate of drug-likeness (QED) is 0.851. The van der Waals surface area contributed by atoms with Crippen molar-refractivity contribution >= 4 is 10.0 Å². The van der Waals surface area contributed by atoms with Crippen molar-refractivity contribution in [2.24, 2.45) is 0 Å². The van der Waals surface area contributed by atoms with E-state index in [0.29, 0.717) is 11.3 Å². The molecule has 0 aliphatic heterocycles. The molecule has 2 rings (SSSR count). The zero-order valence-electron chi connectivity index (χ0n) is 11.5. The smallest absolute Gasteiger partial charge is 0.215 e. The van der Waals surface area contributed by atoms with E-state index in [1.807, 2.05) is 0 Å². The van der Waals surface area contributed by atoms with Crippen molar-refractivity contribution in [1.82, 2.24) is 4.72 Å². The fourth-order valence-electron chi connectivity index (χ4n) is 1.83. The lowest BCUT2D eigenvalue weighted by Crippen LogP contribution is -2.30. The van der Waals surface area contributed by atoms with Gasteiger partial charge in [0.1, 0.15) is 17.7 Å². The maximum Gasteiger partial charge on any atom is 0.215 e. The van der Waals surface area contributed by atoms with Crippen LogP contribution in [0, 0.1) is 5.82 Å². The summed E-state index contributed by atoms with van der Waals surface area (Å²) >= 11 is 0. The van der Waals surface area contributed by atoms with Gasteiger partial charge in [-0.25, -0.2) is 17.5 Å². The van der Waals surface area contributed by atoms with E-state index in [2.05, 4.69) is 4.72 Å². The summed E-state index contributed by atoms with van der Waals surface area (Å²) in [6, 6.07) is 8.75. The molecule has 0 saturated heterocycles. The minimum absolute atomic E-state index is 0.0630. The average Bonchev–Trinajstić information content (AvgIpc) is 2.96. The SMILES string of the molecule is COC(CNS(=O)(=O)Cc1ccc(F)cc1)c1ccco1. The van der Waals surface area contributed by atoms with Crippen LogP contribution in [0.1, 0.15) is 17.4 Å². The number of halogens is 1. The van der Waals surface area contributed by atoms with Crippen LogP contribution >= 0.6 is 0 Å². The number of rotatable bonds is 7. The monoisotopic (exact) mass is 313 g/mol. The minimum Gasteiger partial charge on any atom is -0.467 e. The number of sulfonamides is 1. The first-order chi connectivity index (χ1) is 10.00. The van der Waals surface area contributed by atoms with Crippen LogP contribution in [0.15, 0.2) is 47.1 Å². The Morgan fingerprint density at radius 2 is 2.00 bits per heavy atom. The van der Waals surface area contributed by atoms with Crippen molar-refractivity contribution in [3.8, 4) is 0 Å². The third-order valence-electron chi connectivity index (χ3n) is 2.90. The predicted molar refractivity (Wildman–Crippen MR) is 75.5 cm³/mol. The Morgan fingerprint density at radius 3 is 2.57 bits per heavy atom. The molecule has 1 aromatic carbocycles. The first-order valence-corrected chi connectivity index (χ1v) is 7.93. The second kappa shape index (κ2) is 6.84. The molecule has 1 atom stereocenters. The van der Waals surface area contributed by atoms with Gasteiger partial charge in [0.05, 0.1) is 12.0 Å². The Hall–Kier alpha value is -1.70. The molecule has 1 heterocycles. The summed E-state index contributed by atoms with van der Waals surface area (Å²) in [5, 5.41) is 0. The van der Waals surface area contributed by atoms with Crippen molar-refractivity contribution in [2.45, 2.75) is 11.9 Å². The van der Waals surface area contributed by atoms with Gasteiger partial charge >= 0.3 is 0 Å². The molecule has 0 spiro atoms. The van der Waals surface area contributed by atoms with Gasteiger partial charge in [-0.05, 0) is 29.8 Å². The molecule has 0 saturated carbocycles. The van der Waals surface area contributed by atoms with Crippen LogP contribution in [0.4, 0.5) is 4.39 Å². The maximum atomic E-state index is 12.8. The molecule has 0 radical (unpaired) electrons. The largest absolute Gasteiger partial charge is 0.467 e. The van der Waals surface area contributed by atoms with E-state index in [4.69, 9.17) is 9.15 Å². The summed E-state index contributed by atoms with van der Waals surface area (Å²) in [7, 11) is -2.06. The third kappa shape index (κ3) is 4.66. The summed E-state index contributed by atoms with van der Waals surface area (Å²) in [5.74, 6) is -0.0784. The second-order valence-corrected chi connectivity index (χ2v) is 6.28. The van der Waals surface area contributed by atoms with Crippen molar-refractivity contribution in [3.05, 3.63) is 59.8 Å². The molecular formula is C14H16FNO4S. The van der Waals surface area contributed by atoms with E-state index >= 15 is 0 Å². The minimum atomic E-state index is -3.54. The zero-order chi connectivity index (χ0) is 15.3. The van der Waals surface area contributed by atoms with Gasteiger partial charge in [0.2, 0.25) is 10.0 Å². The number of hydrogen-bond donors (Lipinski definition) is 1. The van der Waals surface area contributed by atoms with Gasteiger partial charge in [0, 0.05) is 13.7 Å². The Labute approximate surface area is 122 Å². The van der Waals surface area contributed by atoms with E-state index in [1.54, 1.807) is 12.1 Å². The van der Waals surface area contributed by atoms with Crippen molar-refractivity contribution in [3.63, 3.8) is 0 Å². The Balaban J connectivity index is 1.96. The van der Waals surface area contributed by atoms with Crippen LogP contribution in [0.5, 0.6) is 0 Å². The first kappa shape index (κ1) is 15.7. The molecule has 114 valence electrons. The van der Waals surface area contributed by atoms with Gasteiger partial charge in [0.25, 0.3) is 0 Å². The van der Waals surface area contributed by atoms with Gasteiger partial charge < -0.3 is 9.15 Å². The molecule has 0 amide bonds. The average molecular weight is 313 g/mol. The van der Waals surface area contributed by atoms with Crippen molar-refractivity contribution in [1.29, 1.82) is 0 Å². The highest BCUT2D eigenvalue weighted by atomic mass is 32.2. The molecule has 1 unspecified atom stereocenters. The third-order valence-corrected chi connectivity index (χ3v) is 4.22. The van der Waals surface area contributed by atoms with Gasteiger partial charge in [0.15, 0.2) is 0 Å². The lowest BCUT2D eigenvalue weighted by Gasteiger charge is -2.14. The normalized spacial score (nSPS) is 13.2. The lowest BCUT2D eigenvalue weighted by molar-refractivity contribution is 0.0878. The molecule has 7 heteroatoms. The highest BCUT2D eigenvalue weighted by Gasteiger charge is 2.18. The summed E-state index contributed by atoms with van der Waals surface area (Å²) in [4.78, 5) is 0. The fraction of sp³-hybridized carbons (Fsp3) is 0.286. The van der Waals surface area contributed by atoms with Crippen LogP contribution in [0.3, 0.4) is 0 Å². The molecule has 1 N–H and O–H groups in total. The number of benzene rings is 1. The molecule has 0 bridgehead atoms. The van der Waals surface area contributed by atoms with Gasteiger partial charge in [-0.1, -0.05) is 12.1 Å². The number of hydrogen-bond acceptors (Lipinski definition) is 4. The number of ether oxygens (including phenoxy) is 1. The predicted octanol–water partition coefficient (Wildman–Crippen LogP) is 2.23. The van der Waals surface area contributed by atoms with Crippen molar-refractivity contribution < 1.29 is 22.0 Å². The second-order valence-electron chi connectivity index (χ2n) is 4.47. The highest BCUT2D eigenvalue weighted by Crippen LogP contribution is 2.16. The molecule has 0 fully saturated rings. The summed E-state index contributed by atoms with van der Waals surface area (Å²) < 4.78 is 49.6. The van der Waals surface area contributed by atoms with E-state index < -0.39 is 21.9 Å². The number of nitrogens with one attached hydrogen (secondary N) is 1. The van der Waals surface area contributed by atoms with Crippen LogP contribution in [0.25, 0.3) is 0 Å². The Morgan fingerprint density at radius 1 is 1.29 bits per heavy atom. The molecular weight excluding hydrogens is 297 g/mol. The fourth-order valence-corrected chi connectivity index (χ4v) is 2.97. The summed E-state index contributed by atoms with van der Waals surface area (Å²) in [6.07, 6.45) is 0.997. The molecule has 0 aliphatic carbocycles. The van der Waals surface area contributed by atoms with Crippen LogP contribution in [-0.2, 0) is 20.5 Å². The summed E-state index contributed by atoms with van der Waals surface area (Å²) in [5.41, 5.74) is 0.510. The van der Waals surface area contributed by atoms with Crippen LogP contribution in [0.2, 0.25) is 0 Å². The van der Waals surface area contributed by atoms with Crippen molar-refractivity contribution in [2.75, 3.05) is 13.7 Å². The van der Waals surface area contributed by atoms with Gasteiger partial charge in [-0.2, -0.15) is 0 Å². The van der Waals surface area contributed by atoms with Gasteiger partial charge in [-0.15, -0.1) is 0 Å². The van der Waals surface area contributed by atoms with E-state index in [-0.39, 0.29) is 12.3 Å². The molecule has 5 nitrogen and oxygen atoms in total. The van der Waals surface area contributed by atoms with Gasteiger partial charge in [-0.3, -0.25) is 0 Å². The Kier molecular flexibility index (Phi) is 5.11. The number of furan rings is 1. The summed E-state index contributed by atoms with van der Waals surface area (Å²) in [6.45, 7) is 0.0630. The number of methoxy groups -OCH3 is 1. The zero-order valence-corrected chi connectivity index (χ0v) is 12.3.